The molecule has 1 spiro atoms. The Balaban J connectivity index is 2.17. The van der Waals surface area contributed by atoms with Crippen LogP contribution >= 0.6 is 0 Å². The third-order valence-corrected chi connectivity index (χ3v) is 5.83. The van der Waals surface area contributed by atoms with E-state index in [0.29, 0.717) is 13.1 Å². The van der Waals surface area contributed by atoms with Crippen molar-refractivity contribution in [2.45, 2.75) is 44.4 Å². The minimum absolute atomic E-state index is 0.191. The van der Waals surface area contributed by atoms with Crippen molar-refractivity contribution < 1.29 is 24.2 Å². The van der Waals surface area contributed by atoms with Crippen LogP contribution in [0.3, 0.4) is 0 Å². The fourth-order valence-electron chi connectivity index (χ4n) is 4.92. The highest BCUT2D eigenvalue weighted by Crippen LogP contribution is 2.52. The molecule has 2 aliphatic rings. The van der Waals surface area contributed by atoms with Gasteiger partial charge in [0.25, 0.3) is 0 Å². The summed E-state index contributed by atoms with van der Waals surface area (Å²) in [5.41, 5.74) is -1.42. The molecule has 0 amide bonds. The fraction of sp³-hybridized carbons (Fsp3) is 0.619. The van der Waals surface area contributed by atoms with Gasteiger partial charge in [0.15, 0.2) is 0 Å². The van der Waals surface area contributed by atoms with Crippen LogP contribution < -0.4 is 10.6 Å². The highest BCUT2D eigenvalue weighted by molar-refractivity contribution is 5.81. The summed E-state index contributed by atoms with van der Waals surface area (Å²) in [7, 11) is 0. The molecule has 0 unspecified atom stereocenters. The minimum Gasteiger partial charge on any atom is -0.466 e. The molecule has 0 bridgehead atoms. The standard InChI is InChI=1S/C21H30N2O5/c1-4-27-18(24)16-15(14-9-7-6-8-10-14)17(19(25)28-5-2)21(13-20(16,3)26)22-11-12-23-21/h6-10,15-17,22-23,26H,4-5,11-13H2,1-3H3/t15-,16+,17-,20+/m1/s1. The predicted molar refractivity (Wildman–Crippen MR) is 103 cm³/mol. The van der Waals surface area contributed by atoms with Crippen molar-refractivity contribution in [2.24, 2.45) is 11.8 Å². The summed E-state index contributed by atoms with van der Waals surface area (Å²) in [5, 5.41) is 18.2. The van der Waals surface area contributed by atoms with Crippen LogP contribution in [0.25, 0.3) is 0 Å². The molecule has 1 aromatic carbocycles. The molecule has 3 N–H and O–H groups in total. The van der Waals surface area contributed by atoms with Gasteiger partial charge in [-0.2, -0.15) is 0 Å². The predicted octanol–water partition coefficient (Wildman–Crippen LogP) is 1.17. The quantitative estimate of drug-likeness (QED) is 0.650. The smallest absolute Gasteiger partial charge is 0.312 e. The van der Waals surface area contributed by atoms with Gasteiger partial charge < -0.3 is 14.6 Å². The zero-order valence-corrected chi connectivity index (χ0v) is 16.7. The van der Waals surface area contributed by atoms with Crippen molar-refractivity contribution in [1.82, 2.24) is 10.6 Å². The Kier molecular flexibility index (Phi) is 6.07. The second kappa shape index (κ2) is 8.19. The van der Waals surface area contributed by atoms with Crippen LogP contribution in [0, 0.1) is 11.8 Å². The monoisotopic (exact) mass is 390 g/mol. The molecule has 2 fully saturated rings. The highest BCUT2D eigenvalue weighted by Gasteiger charge is 2.64. The number of carbonyl (C=O) groups excluding carboxylic acids is 2. The number of hydrogen-bond acceptors (Lipinski definition) is 7. The number of esters is 2. The Labute approximate surface area is 165 Å². The van der Waals surface area contributed by atoms with Gasteiger partial charge in [-0.1, -0.05) is 30.3 Å². The molecule has 1 saturated carbocycles. The van der Waals surface area contributed by atoms with E-state index >= 15 is 0 Å². The fourth-order valence-corrected chi connectivity index (χ4v) is 4.92. The van der Waals surface area contributed by atoms with Crippen molar-refractivity contribution in [3.8, 4) is 0 Å². The second-order valence-corrected chi connectivity index (χ2v) is 7.75. The number of hydrogen-bond donors (Lipinski definition) is 3. The van der Waals surface area contributed by atoms with Gasteiger partial charge in [0, 0.05) is 25.4 Å². The van der Waals surface area contributed by atoms with E-state index in [9.17, 15) is 14.7 Å². The van der Waals surface area contributed by atoms with Crippen LogP contribution in [-0.2, 0) is 19.1 Å². The molecule has 1 saturated heterocycles. The Morgan fingerprint density at radius 3 is 2.11 bits per heavy atom. The number of carbonyl (C=O) groups is 2. The Morgan fingerprint density at radius 1 is 1.04 bits per heavy atom. The van der Waals surface area contributed by atoms with Gasteiger partial charge in [-0.05, 0) is 26.3 Å². The topological polar surface area (TPSA) is 96.9 Å². The number of aliphatic hydroxyl groups is 1. The Morgan fingerprint density at radius 2 is 1.57 bits per heavy atom. The molecule has 28 heavy (non-hydrogen) atoms. The van der Waals surface area contributed by atoms with Gasteiger partial charge in [-0.15, -0.1) is 0 Å². The van der Waals surface area contributed by atoms with Crippen molar-refractivity contribution in [2.75, 3.05) is 26.3 Å². The third kappa shape index (κ3) is 3.66. The summed E-state index contributed by atoms with van der Waals surface area (Å²) in [6.45, 7) is 6.92. The van der Waals surface area contributed by atoms with Crippen molar-refractivity contribution >= 4 is 11.9 Å². The summed E-state index contributed by atoms with van der Waals surface area (Å²) >= 11 is 0. The first-order valence-corrected chi connectivity index (χ1v) is 9.97. The van der Waals surface area contributed by atoms with E-state index in [-0.39, 0.29) is 25.6 Å². The number of rotatable bonds is 5. The van der Waals surface area contributed by atoms with Crippen molar-refractivity contribution in [1.29, 1.82) is 0 Å². The summed E-state index contributed by atoms with van der Waals surface area (Å²) in [4.78, 5) is 26.1. The largest absolute Gasteiger partial charge is 0.466 e. The first-order chi connectivity index (χ1) is 13.4. The molecular formula is C21H30N2O5. The molecule has 1 aromatic rings. The molecule has 0 radical (unpaired) electrons. The summed E-state index contributed by atoms with van der Waals surface area (Å²) in [6, 6.07) is 9.38. The second-order valence-electron chi connectivity index (χ2n) is 7.75. The molecule has 7 nitrogen and oxygen atoms in total. The molecule has 4 atom stereocenters. The lowest BCUT2D eigenvalue weighted by atomic mass is 9.58. The molecule has 1 aliphatic heterocycles. The van der Waals surface area contributed by atoms with Crippen LogP contribution in [0.15, 0.2) is 30.3 Å². The van der Waals surface area contributed by atoms with Crippen LogP contribution in [-0.4, -0.2) is 54.6 Å². The van der Waals surface area contributed by atoms with Crippen LogP contribution in [0.5, 0.6) is 0 Å². The number of nitrogens with one attached hydrogen (secondary N) is 2. The molecular weight excluding hydrogens is 360 g/mol. The molecule has 1 heterocycles. The Bertz CT molecular complexity index is 700. The highest BCUT2D eigenvalue weighted by atomic mass is 16.5. The van der Waals surface area contributed by atoms with Crippen LogP contribution in [0.2, 0.25) is 0 Å². The maximum Gasteiger partial charge on any atom is 0.312 e. The van der Waals surface area contributed by atoms with E-state index in [1.54, 1.807) is 20.8 Å². The molecule has 7 heteroatoms. The van der Waals surface area contributed by atoms with Crippen molar-refractivity contribution in [3.63, 3.8) is 0 Å². The van der Waals surface area contributed by atoms with Gasteiger partial charge >= 0.3 is 11.9 Å². The van der Waals surface area contributed by atoms with Gasteiger partial charge in [-0.3, -0.25) is 20.2 Å². The maximum atomic E-state index is 13.1. The van der Waals surface area contributed by atoms with E-state index in [4.69, 9.17) is 9.47 Å². The molecule has 1 aliphatic carbocycles. The SMILES string of the molecule is CCOC(=O)[C@@H]1[C@@H](c2ccccc2)[C@H](C(=O)OCC)C2(C[C@]1(C)O)NCCN2. The zero-order chi connectivity index (χ0) is 20.4. The number of ether oxygens (including phenoxy) is 2. The third-order valence-electron chi connectivity index (χ3n) is 5.83. The van der Waals surface area contributed by atoms with Gasteiger partial charge in [0.05, 0.1) is 36.3 Å². The van der Waals surface area contributed by atoms with Crippen LogP contribution in [0.4, 0.5) is 0 Å². The van der Waals surface area contributed by atoms with E-state index < -0.39 is 35.0 Å². The number of benzene rings is 1. The summed E-state index contributed by atoms with van der Waals surface area (Å²) in [6.07, 6.45) is 0.191. The first-order valence-electron chi connectivity index (χ1n) is 9.97. The van der Waals surface area contributed by atoms with Crippen molar-refractivity contribution in [3.05, 3.63) is 35.9 Å². The molecule has 3 rings (SSSR count). The molecule has 0 aromatic heterocycles. The van der Waals surface area contributed by atoms with Gasteiger partial charge in [0.2, 0.25) is 0 Å². The van der Waals surface area contributed by atoms with E-state index in [1.165, 1.54) is 0 Å². The average Bonchev–Trinajstić information content (AvgIpc) is 3.09. The van der Waals surface area contributed by atoms with Gasteiger partial charge in [-0.25, -0.2) is 0 Å². The normalized spacial score (nSPS) is 31.5. The molecule has 154 valence electrons. The lowest BCUT2D eigenvalue weighted by Crippen LogP contribution is -2.69. The lowest BCUT2D eigenvalue weighted by molar-refractivity contribution is -0.179. The zero-order valence-electron chi connectivity index (χ0n) is 16.7. The minimum atomic E-state index is -1.37. The lowest BCUT2D eigenvalue weighted by Gasteiger charge is -2.53. The first kappa shape index (κ1) is 20.8. The Hall–Kier alpha value is -1.96. The van der Waals surface area contributed by atoms with Crippen LogP contribution in [0.1, 0.15) is 38.7 Å². The maximum absolute atomic E-state index is 13.1. The average molecular weight is 390 g/mol. The van der Waals surface area contributed by atoms with E-state index in [0.717, 1.165) is 5.56 Å². The summed E-state index contributed by atoms with van der Waals surface area (Å²) in [5.74, 6) is -3.06. The summed E-state index contributed by atoms with van der Waals surface area (Å²) < 4.78 is 10.7. The van der Waals surface area contributed by atoms with E-state index in [2.05, 4.69) is 10.6 Å². The van der Waals surface area contributed by atoms with Gasteiger partial charge in [0.1, 0.15) is 0 Å². The van der Waals surface area contributed by atoms with E-state index in [1.807, 2.05) is 30.3 Å².